The highest BCUT2D eigenvalue weighted by Gasteiger charge is 2.34. The second-order valence-electron chi connectivity index (χ2n) is 4.76. The smallest absolute Gasteiger partial charge is 0.194 e. The van der Waals surface area contributed by atoms with Gasteiger partial charge in [0.15, 0.2) is 5.88 Å². The van der Waals surface area contributed by atoms with Gasteiger partial charge in [-0.1, -0.05) is 18.2 Å². The van der Waals surface area contributed by atoms with Crippen LogP contribution in [0.2, 0.25) is 0 Å². The molecular weight excluding hydrogens is 200 g/mol. The van der Waals surface area contributed by atoms with Crippen LogP contribution in [-0.4, -0.2) is 23.3 Å². The summed E-state index contributed by atoms with van der Waals surface area (Å²) in [6.07, 6.45) is 0. The summed E-state index contributed by atoms with van der Waals surface area (Å²) in [5.41, 5.74) is 1.18. The maximum atomic E-state index is 6.05. The molecule has 0 saturated carbocycles. The van der Waals surface area contributed by atoms with Gasteiger partial charge in [0.2, 0.25) is 0 Å². The first-order valence-electron chi connectivity index (χ1n) is 5.62. The van der Waals surface area contributed by atoms with E-state index >= 15 is 0 Å². The summed E-state index contributed by atoms with van der Waals surface area (Å²) in [6.45, 7) is 3.99. The molecule has 1 fully saturated rings. The summed E-state index contributed by atoms with van der Waals surface area (Å²) in [6, 6.07) is 10.4. The van der Waals surface area contributed by atoms with E-state index in [0.717, 1.165) is 19.0 Å². The molecule has 84 valence electrons. The molecule has 0 radical (unpaired) electrons. The van der Waals surface area contributed by atoms with Gasteiger partial charge in [-0.25, -0.2) is 0 Å². The average Bonchev–Trinajstić information content (AvgIpc) is 2.55. The van der Waals surface area contributed by atoms with Crippen LogP contribution in [0.25, 0.3) is 10.9 Å². The third-order valence-corrected chi connectivity index (χ3v) is 3.26. The molecule has 0 spiro atoms. The van der Waals surface area contributed by atoms with E-state index in [9.17, 15) is 0 Å². The van der Waals surface area contributed by atoms with Crippen molar-refractivity contribution in [3.63, 3.8) is 0 Å². The Morgan fingerprint density at radius 3 is 2.69 bits per heavy atom. The number of rotatable bonds is 2. The van der Waals surface area contributed by atoms with E-state index in [0.29, 0.717) is 0 Å². The molecule has 1 aromatic heterocycles. The minimum Gasteiger partial charge on any atom is -0.470 e. The molecule has 3 rings (SSSR count). The number of nitrogens with zero attached hydrogens (tertiary/aromatic N) is 1. The van der Waals surface area contributed by atoms with E-state index in [1.54, 1.807) is 0 Å². The number of ether oxygens (including phenoxy) is 1. The zero-order valence-corrected chi connectivity index (χ0v) is 9.66. The van der Waals surface area contributed by atoms with Gasteiger partial charge in [0, 0.05) is 31.6 Å². The largest absolute Gasteiger partial charge is 0.470 e. The summed E-state index contributed by atoms with van der Waals surface area (Å²) in [5.74, 6) is 0.949. The predicted octanol–water partition coefficient (Wildman–Crippen LogP) is 1.92. The molecule has 2 aromatic rings. The fraction of sp³-hybridized carbons (Fsp3) is 0.385. The van der Waals surface area contributed by atoms with Gasteiger partial charge >= 0.3 is 0 Å². The van der Waals surface area contributed by atoms with E-state index < -0.39 is 0 Å². The minimum absolute atomic E-state index is 0.0395. The van der Waals surface area contributed by atoms with Gasteiger partial charge in [0.05, 0.1) is 5.52 Å². The molecule has 2 heterocycles. The maximum absolute atomic E-state index is 6.05. The lowest BCUT2D eigenvalue weighted by Crippen LogP contribution is -2.61. The van der Waals surface area contributed by atoms with Crippen LogP contribution in [0, 0.1) is 0 Å². The zero-order valence-electron chi connectivity index (χ0n) is 9.66. The normalized spacial score (nSPS) is 18.4. The number of aryl methyl sites for hydroxylation is 1. The van der Waals surface area contributed by atoms with Crippen LogP contribution < -0.4 is 10.1 Å². The van der Waals surface area contributed by atoms with Gasteiger partial charge in [-0.3, -0.25) is 0 Å². The monoisotopic (exact) mass is 216 g/mol. The molecule has 0 amide bonds. The molecule has 0 aliphatic carbocycles. The molecule has 1 aromatic carbocycles. The number of hydrogen-bond donors (Lipinski definition) is 1. The standard InChI is InChI=1S/C13H16N2O/c1-13(8-14-9-13)16-12-7-10-5-3-4-6-11(10)15(12)2/h3-7,14H,8-9H2,1-2H3. The van der Waals surface area contributed by atoms with Crippen molar-refractivity contribution in [1.82, 2.24) is 9.88 Å². The van der Waals surface area contributed by atoms with Crippen molar-refractivity contribution >= 4 is 10.9 Å². The quantitative estimate of drug-likeness (QED) is 0.830. The molecular formula is C13H16N2O. The van der Waals surface area contributed by atoms with Crippen LogP contribution >= 0.6 is 0 Å². The fourth-order valence-corrected chi connectivity index (χ4v) is 2.16. The summed E-state index contributed by atoms with van der Waals surface area (Å²) in [7, 11) is 2.05. The minimum atomic E-state index is -0.0395. The number of fused-ring (bicyclic) bond motifs is 1. The molecule has 0 bridgehead atoms. The van der Waals surface area contributed by atoms with Crippen LogP contribution in [0.15, 0.2) is 30.3 Å². The molecule has 0 unspecified atom stereocenters. The Morgan fingerprint density at radius 2 is 2.06 bits per heavy atom. The summed E-state index contributed by atoms with van der Waals surface area (Å²) >= 11 is 0. The number of aromatic nitrogens is 1. The van der Waals surface area contributed by atoms with Crippen LogP contribution in [0.1, 0.15) is 6.92 Å². The number of hydrogen-bond acceptors (Lipinski definition) is 2. The summed E-state index contributed by atoms with van der Waals surface area (Å²) in [4.78, 5) is 0. The van der Waals surface area contributed by atoms with E-state index in [-0.39, 0.29) is 5.60 Å². The lowest BCUT2D eigenvalue weighted by Gasteiger charge is -2.39. The topological polar surface area (TPSA) is 26.2 Å². The van der Waals surface area contributed by atoms with Gasteiger partial charge in [-0.05, 0) is 13.0 Å². The van der Waals surface area contributed by atoms with Crippen molar-refractivity contribution in [2.75, 3.05) is 13.1 Å². The lowest BCUT2D eigenvalue weighted by molar-refractivity contribution is 0.0280. The first-order valence-corrected chi connectivity index (χ1v) is 5.62. The molecule has 1 aliphatic heterocycles. The molecule has 0 atom stereocenters. The highest BCUT2D eigenvalue weighted by Crippen LogP contribution is 2.28. The first kappa shape index (κ1) is 9.73. The molecule has 16 heavy (non-hydrogen) atoms. The number of benzene rings is 1. The molecule has 3 heteroatoms. The Hall–Kier alpha value is -1.48. The van der Waals surface area contributed by atoms with E-state index in [2.05, 4.69) is 47.1 Å². The van der Waals surface area contributed by atoms with Gasteiger partial charge in [-0.2, -0.15) is 0 Å². The van der Waals surface area contributed by atoms with Crippen molar-refractivity contribution < 1.29 is 4.74 Å². The summed E-state index contributed by atoms with van der Waals surface area (Å²) in [5, 5.41) is 4.47. The van der Waals surface area contributed by atoms with Gasteiger partial charge in [0.25, 0.3) is 0 Å². The first-order chi connectivity index (χ1) is 7.68. The van der Waals surface area contributed by atoms with Crippen LogP contribution in [0.4, 0.5) is 0 Å². The summed E-state index contributed by atoms with van der Waals surface area (Å²) < 4.78 is 8.16. The van der Waals surface area contributed by atoms with E-state index in [1.165, 1.54) is 10.9 Å². The average molecular weight is 216 g/mol. The molecule has 1 N–H and O–H groups in total. The van der Waals surface area contributed by atoms with Gasteiger partial charge in [0.1, 0.15) is 5.60 Å². The lowest BCUT2D eigenvalue weighted by atomic mass is 10.0. The fourth-order valence-electron chi connectivity index (χ4n) is 2.16. The van der Waals surface area contributed by atoms with E-state index in [1.807, 2.05) is 7.05 Å². The van der Waals surface area contributed by atoms with Gasteiger partial charge < -0.3 is 14.6 Å². The molecule has 3 nitrogen and oxygen atoms in total. The van der Waals surface area contributed by atoms with Crippen LogP contribution in [0.5, 0.6) is 5.88 Å². The third-order valence-electron chi connectivity index (χ3n) is 3.26. The van der Waals surface area contributed by atoms with Crippen LogP contribution in [-0.2, 0) is 7.05 Å². The Kier molecular flexibility index (Phi) is 1.98. The number of para-hydroxylation sites is 1. The SMILES string of the molecule is Cn1c(OC2(C)CNC2)cc2ccccc21. The molecule has 1 aliphatic rings. The highest BCUT2D eigenvalue weighted by molar-refractivity contribution is 5.82. The Morgan fingerprint density at radius 1 is 1.31 bits per heavy atom. The van der Waals surface area contributed by atoms with Crippen molar-refractivity contribution in [3.05, 3.63) is 30.3 Å². The molecule has 1 saturated heterocycles. The predicted molar refractivity (Wildman–Crippen MR) is 64.8 cm³/mol. The van der Waals surface area contributed by atoms with Crippen molar-refractivity contribution in [2.24, 2.45) is 7.05 Å². The zero-order chi connectivity index (χ0) is 11.2. The Balaban J connectivity index is 2.00. The second-order valence-corrected chi connectivity index (χ2v) is 4.76. The van der Waals surface area contributed by atoms with Crippen molar-refractivity contribution in [2.45, 2.75) is 12.5 Å². The number of nitrogens with one attached hydrogen (secondary N) is 1. The Labute approximate surface area is 95.0 Å². The van der Waals surface area contributed by atoms with Crippen LogP contribution in [0.3, 0.4) is 0 Å². The van der Waals surface area contributed by atoms with Crippen molar-refractivity contribution in [3.8, 4) is 5.88 Å². The highest BCUT2D eigenvalue weighted by atomic mass is 16.5. The van der Waals surface area contributed by atoms with E-state index in [4.69, 9.17) is 4.74 Å². The maximum Gasteiger partial charge on any atom is 0.194 e. The second kappa shape index (κ2) is 3.25. The Bertz CT molecular complexity index is 526. The van der Waals surface area contributed by atoms with Crippen molar-refractivity contribution in [1.29, 1.82) is 0 Å². The third kappa shape index (κ3) is 1.39. The van der Waals surface area contributed by atoms with Gasteiger partial charge in [-0.15, -0.1) is 0 Å².